The second kappa shape index (κ2) is 2.87. The summed E-state index contributed by atoms with van der Waals surface area (Å²) >= 11 is 0. The van der Waals surface area contributed by atoms with Crippen molar-refractivity contribution in [2.75, 3.05) is 0 Å². The summed E-state index contributed by atoms with van der Waals surface area (Å²) in [5.74, 6) is 0. The van der Waals surface area contributed by atoms with Crippen molar-refractivity contribution < 1.29 is 5.21 Å². The fourth-order valence-electron chi connectivity index (χ4n) is 1.51. The molecule has 2 heteroatoms. The largest absolute Gasteiger partial charge is 0.411 e. The zero-order valence-electron chi connectivity index (χ0n) is 7.70. The van der Waals surface area contributed by atoms with E-state index in [1.165, 1.54) is 24.6 Å². The number of hydrogen-bond acceptors (Lipinski definition) is 2. The van der Waals surface area contributed by atoms with Crippen LogP contribution in [0.25, 0.3) is 0 Å². The monoisotopic (exact) mass is 175 g/mol. The Balaban J connectivity index is 2.23. The van der Waals surface area contributed by atoms with E-state index < -0.39 is 0 Å². The Bertz CT molecular complexity index is 322. The molecule has 0 aliphatic heterocycles. The summed E-state index contributed by atoms with van der Waals surface area (Å²) in [6.45, 7) is 2.28. The quantitative estimate of drug-likeness (QED) is 0.418. The Morgan fingerprint density at radius 2 is 1.92 bits per heavy atom. The van der Waals surface area contributed by atoms with E-state index in [1.807, 2.05) is 12.1 Å². The molecule has 1 aromatic carbocycles. The van der Waals surface area contributed by atoms with Crippen LogP contribution in [0.4, 0.5) is 0 Å². The van der Waals surface area contributed by atoms with Crippen LogP contribution in [0, 0.1) is 0 Å². The number of nitrogens with zero attached hydrogens (tertiary/aromatic N) is 1. The third kappa shape index (κ3) is 1.57. The van der Waals surface area contributed by atoms with Gasteiger partial charge in [-0.2, -0.15) is 0 Å². The van der Waals surface area contributed by atoms with E-state index in [4.69, 9.17) is 5.21 Å². The van der Waals surface area contributed by atoms with Crippen molar-refractivity contribution in [1.82, 2.24) is 0 Å². The van der Waals surface area contributed by atoms with Gasteiger partial charge in [0, 0.05) is 0 Å². The van der Waals surface area contributed by atoms with Crippen LogP contribution in [-0.4, -0.2) is 11.4 Å². The Kier molecular flexibility index (Phi) is 1.83. The number of oxime groups is 1. The van der Waals surface area contributed by atoms with Crippen LogP contribution in [0.3, 0.4) is 0 Å². The fraction of sp³-hybridized carbons (Fsp3) is 0.364. The molecule has 68 valence electrons. The minimum atomic E-state index is 0.425. The molecule has 0 saturated heterocycles. The molecular weight excluding hydrogens is 162 g/mol. The van der Waals surface area contributed by atoms with E-state index in [1.54, 1.807) is 0 Å². The summed E-state index contributed by atoms with van der Waals surface area (Å²) in [6, 6.07) is 8.20. The highest BCUT2D eigenvalue weighted by atomic mass is 16.4. The summed E-state index contributed by atoms with van der Waals surface area (Å²) in [5.41, 5.74) is 2.76. The van der Waals surface area contributed by atoms with Gasteiger partial charge in [0.1, 0.15) is 0 Å². The van der Waals surface area contributed by atoms with Crippen LogP contribution < -0.4 is 0 Å². The molecular formula is C11H13NO. The van der Waals surface area contributed by atoms with Gasteiger partial charge in [-0.25, -0.2) is 0 Å². The molecule has 13 heavy (non-hydrogen) atoms. The van der Waals surface area contributed by atoms with Crippen molar-refractivity contribution in [3.8, 4) is 0 Å². The molecule has 0 bridgehead atoms. The molecule has 1 aromatic rings. The lowest BCUT2D eigenvalue weighted by atomic mass is 9.97. The van der Waals surface area contributed by atoms with Crippen molar-refractivity contribution in [2.24, 2.45) is 5.16 Å². The Labute approximate surface area is 77.9 Å². The first-order valence-electron chi connectivity index (χ1n) is 4.53. The van der Waals surface area contributed by atoms with Gasteiger partial charge in [-0.15, -0.1) is 0 Å². The highest BCUT2D eigenvalue weighted by Crippen LogP contribution is 2.47. The van der Waals surface area contributed by atoms with Crippen LogP contribution >= 0.6 is 0 Å². The maximum atomic E-state index is 8.33. The maximum Gasteiger partial charge on any atom is 0.0733 e. The van der Waals surface area contributed by atoms with Crippen LogP contribution in [0.5, 0.6) is 0 Å². The van der Waals surface area contributed by atoms with E-state index in [0.717, 1.165) is 5.56 Å². The van der Waals surface area contributed by atoms with E-state index >= 15 is 0 Å². The second-order valence-corrected chi connectivity index (χ2v) is 3.93. The SMILES string of the molecule is CC1(c2ccc(/C=N/O)cc2)CC1. The third-order valence-corrected chi connectivity index (χ3v) is 2.81. The predicted octanol–water partition coefficient (Wildman–Crippen LogP) is 2.55. The highest BCUT2D eigenvalue weighted by molar-refractivity contribution is 5.79. The van der Waals surface area contributed by atoms with Gasteiger partial charge in [-0.05, 0) is 29.4 Å². The summed E-state index contributed by atoms with van der Waals surface area (Å²) in [7, 11) is 0. The van der Waals surface area contributed by atoms with Gasteiger partial charge in [0.2, 0.25) is 0 Å². The van der Waals surface area contributed by atoms with E-state index in [9.17, 15) is 0 Å². The first kappa shape index (κ1) is 8.30. The lowest BCUT2D eigenvalue weighted by molar-refractivity contribution is 0.322. The number of rotatable bonds is 2. The van der Waals surface area contributed by atoms with Crippen molar-refractivity contribution in [3.05, 3.63) is 35.4 Å². The van der Waals surface area contributed by atoms with Gasteiger partial charge >= 0.3 is 0 Å². The summed E-state index contributed by atoms with van der Waals surface area (Å²) in [6.07, 6.45) is 4.03. The van der Waals surface area contributed by atoms with E-state index in [-0.39, 0.29) is 0 Å². The third-order valence-electron chi connectivity index (χ3n) is 2.81. The van der Waals surface area contributed by atoms with Crippen molar-refractivity contribution in [1.29, 1.82) is 0 Å². The summed E-state index contributed by atoms with van der Waals surface area (Å²) in [4.78, 5) is 0. The zero-order chi connectivity index (χ0) is 9.31. The Hall–Kier alpha value is -1.31. The first-order chi connectivity index (χ1) is 6.24. The molecule has 0 radical (unpaired) electrons. The lowest BCUT2D eigenvalue weighted by Crippen LogP contribution is -1.98. The smallest absolute Gasteiger partial charge is 0.0733 e. The van der Waals surface area contributed by atoms with E-state index in [2.05, 4.69) is 24.2 Å². The molecule has 0 spiro atoms. The van der Waals surface area contributed by atoms with Crippen LogP contribution in [-0.2, 0) is 5.41 Å². The Morgan fingerprint density at radius 3 is 2.38 bits per heavy atom. The van der Waals surface area contributed by atoms with E-state index in [0.29, 0.717) is 5.41 Å². The first-order valence-corrected chi connectivity index (χ1v) is 4.53. The average molecular weight is 175 g/mol. The molecule has 0 aromatic heterocycles. The number of benzene rings is 1. The normalized spacial score (nSPS) is 19.2. The Morgan fingerprint density at radius 1 is 1.31 bits per heavy atom. The van der Waals surface area contributed by atoms with Gasteiger partial charge in [0.25, 0.3) is 0 Å². The standard InChI is InChI=1S/C11H13NO/c1-11(6-7-11)10-4-2-9(3-5-10)8-12-13/h2-5,8,13H,6-7H2,1H3/b12-8+. The van der Waals surface area contributed by atoms with Crippen LogP contribution in [0.15, 0.2) is 29.4 Å². The molecule has 2 rings (SSSR count). The van der Waals surface area contributed by atoms with Crippen molar-refractivity contribution in [2.45, 2.75) is 25.2 Å². The predicted molar refractivity (Wildman–Crippen MR) is 52.4 cm³/mol. The van der Waals surface area contributed by atoms with Gasteiger partial charge in [-0.3, -0.25) is 0 Å². The maximum absolute atomic E-state index is 8.33. The van der Waals surface area contributed by atoms with Crippen molar-refractivity contribution >= 4 is 6.21 Å². The van der Waals surface area contributed by atoms with Crippen molar-refractivity contribution in [3.63, 3.8) is 0 Å². The zero-order valence-corrected chi connectivity index (χ0v) is 7.70. The molecule has 0 heterocycles. The van der Waals surface area contributed by atoms with Gasteiger partial charge in [0.05, 0.1) is 6.21 Å². The molecule has 1 aliphatic carbocycles. The molecule has 0 atom stereocenters. The molecule has 1 fully saturated rings. The fourth-order valence-corrected chi connectivity index (χ4v) is 1.51. The highest BCUT2D eigenvalue weighted by Gasteiger charge is 2.38. The molecule has 1 N–H and O–H groups in total. The van der Waals surface area contributed by atoms with Crippen LogP contribution in [0.2, 0.25) is 0 Å². The lowest BCUT2D eigenvalue weighted by Gasteiger charge is -2.07. The second-order valence-electron chi connectivity index (χ2n) is 3.93. The minimum Gasteiger partial charge on any atom is -0.411 e. The van der Waals surface area contributed by atoms with Crippen LogP contribution in [0.1, 0.15) is 30.9 Å². The molecule has 1 aliphatic rings. The van der Waals surface area contributed by atoms with Gasteiger partial charge < -0.3 is 5.21 Å². The average Bonchev–Trinajstić information content (AvgIpc) is 2.87. The molecule has 1 saturated carbocycles. The number of hydrogen-bond donors (Lipinski definition) is 1. The topological polar surface area (TPSA) is 32.6 Å². The van der Waals surface area contributed by atoms with Gasteiger partial charge in [0.15, 0.2) is 0 Å². The molecule has 0 unspecified atom stereocenters. The molecule has 2 nitrogen and oxygen atoms in total. The van der Waals surface area contributed by atoms with Gasteiger partial charge in [-0.1, -0.05) is 36.3 Å². The summed E-state index contributed by atoms with van der Waals surface area (Å²) < 4.78 is 0. The molecule has 0 amide bonds. The summed E-state index contributed by atoms with van der Waals surface area (Å²) in [5, 5.41) is 11.3. The minimum absolute atomic E-state index is 0.425.